The van der Waals surface area contributed by atoms with Crippen LogP contribution < -0.4 is 5.32 Å². The maximum atomic E-state index is 5.07. The van der Waals surface area contributed by atoms with E-state index in [4.69, 9.17) is 4.42 Å². The van der Waals surface area contributed by atoms with Gasteiger partial charge in [0.05, 0.1) is 12.5 Å². The van der Waals surface area contributed by atoms with Crippen LogP contribution in [0.3, 0.4) is 0 Å². The molecule has 0 spiro atoms. The highest BCUT2D eigenvalue weighted by Crippen LogP contribution is 2.17. The fourth-order valence-corrected chi connectivity index (χ4v) is 2.27. The zero-order chi connectivity index (χ0) is 10.7. The van der Waals surface area contributed by atoms with Crippen LogP contribution in [-0.4, -0.2) is 31.6 Å². The van der Waals surface area contributed by atoms with Gasteiger partial charge >= 0.3 is 0 Å². The zero-order valence-corrected chi connectivity index (χ0v) is 9.57. The van der Waals surface area contributed by atoms with Gasteiger partial charge in [0.1, 0.15) is 0 Å². The predicted molar refractivity (Wildman–Crippen MR) is 60.6 cm³/mol. The number of rotatable bonds is 4. The molecule has 2 atom stereocenters. The van der Waals surface area contributed by atoms with Gasteiger partial charge in [0, 0.05) is 18.7 Å². The summed E-state index contributed by atoms with van der Waals surface area (Å²) in [5.41, 5.74) is 1.26. The standard InChI is InChI=1S/C12H20N2O/c1-10-5-13-6-12(10)8-14(2)7-11-3-4-15-9-11/h3-4,9-10,12-13H,5-8H2,1-2H3/t10-,12+/m1/s1. The molecule has 3 nitrogen and oxygen atoms in total. The first-order chi connectivity index (χ1) is 7.25. The summed E-state index contributed by atoms with van der Waals surface area (Å²) in [6.07, 6.45) is 3.57. The summed E-state index contributed by atoms with van der Waals surface area (Å²) >= 11 is 0. The van der Waals surface area contributed by atoms with Crippen molar-refractivity contribution >= 4 is 0 Å². The van der Waals surface area contributed by atoms with Gasteiger partial charge in [0.15, 0.2) is 0 Å². The van der Waals surface area contributed by atoms with Gasteiger partial charge in [-0.15, -0.1) is 0 Å². The average molecular weight is 208 g/mol. The first-order valence-electron chi connectivity index (χ1n) is 5.66. The van der Waals surface area contributed by atoms with Crippen LogP contribution >= 0.6 is 0 Å². The van der Waals surface area contributed by atoms with E-state index in [9.17, 15) is 0 Å². The van der Waals surface area contributed by atoms with Crippen molar-refractivity contribution in [2.24, 2.45) is 11.8 Å². The van der Waals surface area contributed by atoms with Crippen LogP contribution in [-0.2, 0) is 6.54 Å². The second-order valence-electron chi connectivity index (χ2n) is 4.72. The molecule has 0 aromatic carbocycles. The Bertz CT molecular complexity index is 284. The first-order valence-corrected chi connectivity index (χ1v) is 5.66. The van der Waals surface area contributed by atoms with Gasteiger partial charge in [0.25, 0.3) is 0 Å². The molecule has 1 aromatic heterocycles. The molecule has 1 N–H and O–H groups in total. The van der Waals surface area contributed by atoms with Gasteiger partial charge in [-0.25, -0.2) is 0 Å². The van der Waals surface area contributed by atoms with Crippen LogP contribution in [0.5, 0.6) is 0 Å². The lowest BCUT2D eigenvalue weighted by Crippen LogP contribution is -2.28. The topological polar surface area (TPSA) is 28.4 Å². The van der Waals surface area contributed by atoms with Gasteiger partial charge in [-0.3, -0.25) is 0 Å². The lowest BCUT2D eigenvalue weighted by molar-refractivity contribution is 0.252. The monoisotopic (exact) mass is 208 g/mol. The van der Waals surface area contributed by atoms with Crippen LogP contribution in [0.4, 0.5) is 0 Å². The van der Waals surface area contributed by atoms with E-state index in [-0.39, 0.29) is 0 Å². The van der Waals surface area contributed by atoms with Crippen molar-refractivity contribution in [2.75, 3.05) is 26.7 Å². The zero-order valence-electron chi connectivity index (χ0n) is 9.57. The van der Waals surface area contributed by atoms with E-state index in [2.05, 4.69) is 24.2 Å². The van der Waals surface area contributed by atoms with Crippen LogP contribution in [0.25, 0.3) is 0 Å². The van der Waals surface area contributed by atoms with E-state index in [1.54, 1.807) is 6.26 Å². The third-order valence-electron chi connectivity index (χ3n) is 3.26. The van der Waals surface area contributed by atoms with E-state index in [1.807, 2.05) is 12.3 Å². The van der Waals surface area contributed by atoms with E-state index >= 15 is 0 Å². The minimum atomic E-state index is 0.793. The number of hydrogen-bond donors (Lipinski definition) is 1. The molecule has 3 heteroatoms. The van der Waals surface area contributed by atoms with Crippen molar-refractivity contribution in [3.8, 4) is 0 Å². The molecule has 1 saturated heterocycles. The summed E-state index contributed by atoms with van der Waals surface area (Å²) in [7, 11) is 2.18. The van der Waals surface area contributed by atoms with Crippen LogP contribution in [0.2, 0.25) is 0 Å². The highest BCUT2D eigenvalue weighted by atomic mass is 16.3. The quantitative estimate of drug-likeness (QED) is 0.814. The highest BCUT2D eigenvalue weighted by Gasteiger charge is 2.23. The summed E-state index contributed by atoms with van der Waals surface area (Å²) in [6, 6.07) is 2.03. The van der Waals surface area contributed by atoms with Gasteiger partial charge < -0.3 is 14.6 Å². The normalized spacial score (nSPS) is 26.3. The Morgan fingerprint density at radius 2 is 2.40 bits per heavy atom. The minimum Gasteiger partial charge on any atom is -0.472 e. The van der Waals surface area contributed by atoms with Crippen molar-refractivity contribution in [2.45, 2.75) is 13.5 Å². The minimum absolute atomic E-state index is 0.793. The van der Waals surface area contributed by atoms with Crippen LogP contribution in [0.15, 0.2) is 23.0 Å². The first kappa shape index (κ1) is 10.7. The van der Waals surface area contributed by atoms with Crippen molar-refractivity contribution in [3.63, 3.8) is 0 Å². The largest absolute Gasteiger partial charge is 0.472 e. The number of nitrogens with one attached hydrogen (secondary N) is 1. The summed E-state index contributed by atoms with van der Waals surface area (Å²) in [6.45, 7) is 6.82. The van der Waals surface area contributed by atoms with E-state index in [1.165, 1.54) is 18.7 Å². The smallest absolute Gasteiger partial charge is 0.0947 e. The molecule has 0 unspecified atom stereocenters. The van der Waals surface area contributed by atoms with E-state index < -0.39 is 0 Å². The molecule has 15 heavy (non-hydrogen) atoms. The molecule has 1 aromatic rings. The molecular weight excluding hydrogens is 188 g/mol. The lowest BCUT2D eigenvalue weighted by Gasteiger charge is -2.22. The van der Waals surface area contributed by atoms with Crippen molar-refractivity contribution in [1.82, 2.24) is 10.2 Å². The Morgan fingerprint density at radius 1 is 1.53 bits per heavy atom. The molecular formula is C12H20N2O. The van der Waals surface area contributed by atoms with Crippen molar-refractivity contribution in [3.05, 3.63) is 24.2 Å². The van der Waals surface area contributed by atoms with Crippen LogP contribution in [0, 0.1) is 11.8 Å². The van der Waals surface area contributed by atoms with Crippen molar-refractivity contribution < 1.29 is 4.42 Å². The highest BCUT2D eigenvalue weighted by molar-refractivity contribution is 5.04. The molecule has 1 aliphatic heterocycles. The summed E-state index contributed by atoms with van der Waals surface area (Å²) < 4.78 is 5.07. The predicted octanol–water partition coefficient (Wildman–Crippen LogP) is 1.57. The molecule has 0 radical (unpaired) electrons. The third-order valence-corrected chi connectivity index (χ3v) is 3.26. The Morgan fingerprint density at radius 3 is 3.00 bits per heavy atom. The van der Waals surface area contributed by atoms with E-state index in [0.29, 0.717) is 0 Å². The SMILES string of the molecule is C[C@@H]1CNC[C@H]1CN(C)Cc1ccoc1. The maximum absolute atomic E-state index is 5.07. The Labute approximate surface area is 91.4 Å². The van der Waals surface area contributed by atoms with E-state index in [0.717, 1.165) is 24.9 Å². The molecule has 1 aliphatic rings. The molecule has 0 saturated carbocycles. The average Bonchev–Trinajstić information content (AvgIpc) is 2.79. The Kier molecular flexibility index (Phi) is 3.44. The van der Waals surface area contributed by atoms with Crippen molar-refractivity contribution in [1.29, 1.82) is 0 Å². The maximum Gasteiger partial charge on any atom is 0.0947 e. The summed E-state index contributed by atoms with van der Waals surface area (Å²) in [4.78, 5) is 2.37. The molecule has 0 aliphatic carbocycles. The molecule has 84 valence electrons. The fourth-order valence-electron chi connectivity index (χ4n) is 2.27. The van der Waals surface area contributed by atoms with Crippen LogP contribution in [0.1, 0.15) is 12.5 Å². The fraction of sp³-hybridized carbons (Fsp3) is 0.667. The lowest BCUT2D eigenvalue weighted by atomic mass is 9.98. The third kappa shape index (κ3) is 2.83. The van der Waals surface area contributed by atoms with Gasteiger partial charge in [-0.2, -0.15) is 0 Å². The van der Waals surface area contributed by atoms with Gasteiger partial charge in [0.2, 0.25) is 0 Å². The molecule has 2 rings (SSSR count). The van der Waals surface area contributed by atoms with Gasteiger partial charge in [-0.05, 0) is 38.0 Å². The number of nitrogens with zero attached hydrogens (tertiary/aromatic N) is 1. The summed E-state index contributed by atoms with van der Waals surface area (Å²) in [5.74, 6) is 1.60. The molecule has 2 heterocycles. The molecule has 0 amide bonds. The number of hydrogen-bond acceptors (Lipinski definition) is 3. The second kappa shape index (κ2) is 4.81. The molecule has 1 fully saturated rings. The Hall–Kier alpha value is -0.800. The summed E-state index contributed by atoms with van der Waals surface area (Å²) in [5, 5.41) is 3.44. The Balaban J connectivity index is 1.79. The number of furan rings is 1. The molecule has 0 bridgehead atoms. The van der Waals surface area contributed by atoms with Gasteiger partial charge in [-0.1, -0.05) is 6.92 Å². The second-order valence-corrected chi connectivity index (χ2v) is 4.72.